The number of amides is 2. The van der Waals surface area contributed by atoms with E-state index in [9.17, 15) is 4.79 Å². The van der Waals surface area contributed by atoms with Crippen LogP contribution < -0.4 is 10.6 Å². The van der Waals surface area contributed by atoms with E-state index in [0.29, 0.717) is 0 Å². The summed E-state index contributed by atoms with van der Waals surface area (Å²) in [4.78, 5) is 10.8. The summed E-state index contributed by atoms with van der Waals surface area (Å²) in [6.45, 7) is 0.720. The minimum atomic E-state index is -0.0619. The Hall–Kier alpha value is -1.77. The smallest absolute Gasteiger partial charge is 0.315 e. The second-order valence-electron chi connectivity index (χ2n) is 3.60. The maximum Gasteiger partial charge on any atom is 0.315 e. The van der Waals surface area contributed by atoms with Crippen molar-refractivity contribution in [1.29, 1.82) is 0 Å². The van der Waals surface area contributed by atoms with Gasteiger partial charge >= 0.3 is 6.03 Å². The number of urea groups is 1. The van der Waals surface area contributed by atoms with E-state index in [-0.39, 0.29) is 12.1 Å². The summed E-state index contributed by atoms with van der Waals surface area (Å²) in [5.41, 5.74) is 1.19. The van der Waals surface area contributed by atoms with Gasteiger partial charge in [0, 0.05) is 6.54 Å². The van der Waals surface area contributed by atoms with Crippen molar-refractivity contribution in [2.75, 3.05) is 6.54 Å². The Morgan fingerprint density at radius 2 is 2.13 bits per heavy atom. The van der Waals surface area contributed by atoms with Crippen LogP contribution in [0.25, 0.3) is 6.08 Å². The summed E-state index contributed by atoms with van der Waals surface area (Å²) in [6.07, 6.45) is 5.03. The van der Waals surface area contributed by atoms with Crippen LogP contribution in [0, 0.1) is 0 Å². The number of nitrogens with one attached hydrogen (secondary N) is 2. The van der Waals surface area contributed by atoms with Gasteiger partial charge in [-0.3, -0.25) is 0 Å². The minimum Gasteiger partial charge on any atom is -0.336 e. The summed E-state index contributed by atoms with van der Waals surface area (Å²) in [5, 5.41) is 5.57. The molecule has 1 saturated heterocycles. The van der Waals surface area contributed by atoms with Crippen LogP contribution in [-0.2, 0) is 0 Å². The molecule has 0 aliphatic carbocycles. The molecule has 1 aliphatic rings. The average molecular weight is 202 g/mol. The summed E-state index contributed by atoms with van der Waals surface area (Å²) >= 11 is 0. The molecule has 0 bridgehead atoms. The van der Waals surface area contributed by atoms with Crippen LogP contribution in [0.15, 0.2) is 36.4 Å². The fourth-order valence-corrected chi connectivity index (χ4v) is 1.58. The van der Waals surface area contributed by atoms with Crippen LogP contribution in [0.4, 0.5) is 4.79 Å². The van der Waals surface area contributed by atoms with Gasteiger partial charge in [0.15, 0.2) is 0 Å². The van der Waals surface area contributed by atoms with Gasteiger partial charge in [0.1, 0.15) is 0 Å². The topological polar surface area (TPSA) is 41.1 Å². The Kier molecular flexibility index (Phi) is 3.02. The van der Waals surface area contributed by atoms with Crippen LogP contribution in [-0.4, -0.2) is 18.6 Å². The predicted molar refractivity (Wildman–Crippen MR) is 60.4 cm³/mol. The van der Waals surface area contributed by atoms with Crippen molar-refractivity contribution in [3.63, 3.8) is 0 Å². The molecule has 1 aromatic carbocycles. The van der Waals surface area contributed by atoms with Gasteiger partial charge in [-0.1, -0.05) is 42.5 Å². The molecule has 0 saturated carbocycles. The molecule has 2 amide bonds. The first-order valence-electron chi connectivity index (χ1n) is 5.10. The summed E-state index contributed by atoms with van der Waals surface area (Å²) in [6, 6.07) is 10.3. The first-order valence-corrected chi connectivity index (χ1v) is 5.10. The summed E-state index contributed by atoms with van der Waals surface area (Å²) in [7, 11) is 0. The SMILES string of the molecule is O=C1NC[C@@H](C/C=C/c2ccccc2)N1. The zero-order valence-electron chi connectivity index (χ0n) is 8.44. The first-order chi connectivity index (χ1) is 7.34. The highest BCUT2D eigenvalue weighted by molar-refractivity contribution is 5.76. The van der Waals surface area contributed by atoms with Gasteiger partial charge in [0.2, 0.25) is 0 Å². The summed E-state index contributed by atoms with van der Waals surface area (Å²) in [5.74, 6) is 0. The third-order valence-electron chi connectivity index (χ3n) is 2.37. The van der Waals surface area contributed by atoms with Crippen LogP contribution >= 0.6 is 0 Å². The van der Waals surface area contributed by atoms with Gasteiger partial charge in [0.05, 0.1) is 6.04 Å². The zero-order chi connectivity index (χ0) is 10.5. The predicted octanol–water partition coefficient (Wildman–Crippen LogP) is 1.77. The van der Waals surface area contributed by atoms with E-state index in [4.69, 9.17) is 0 Å². The third kappa shape index (κ3) is 2.84. The van der Waals surface area contributed by atoms with Gasteiger partial charge in [-0.25, -0.2) is 4.79 Å². The molecule has 1 heterocycles. The van der Waals surface area contributed by atoms with Gasteiger partial charge in [0.25, 0.3) is 0 Å². The molecule has 2 rings (SSSR count). The number of hydrogen-bond acceptors (Lipinski definition) is 1. The number of carbonyl (C=O) groups is 1. The molecule has 0 spiro atoms. The molecule has 78 valence electrons. The monoisotopic (exact) mass is 202 g/mol. The van der Waals surface area contributed by atoms with Crippen molar-refractivity contribution < 1.29 is 4.79 Å². The highest BCUT2D eigenvalue weighted by Gasteiger charge is 2.17. The number of hydrogen-bond donors (Lipinski definition) is 2. The molecule has 2 N–H and O–H groups in total. The van der Waals surface area contributed by atoms with Gasteiger partial charge in [-0.05, 0) is 12.0 Å². The lowest BCUT2D eigenvalue weighted by Gasteiger charge is -2.02. The van der Waals surface area contributed by atoms with E-state index in [2.05, 4.69) is 34.9 Å². The van der Waals surface area contributed by atoms with E-state index >= 15 is 0 Å². The molecule has 1 aliphatic heterocycles. The molecule has 1 aromatic rings. The minimum absolute atomic E-state index is 0.0619. The fraction of sp³-hybridized carbons (Fsp3) is 0.250. The molecule has 15 heavy (non-hydrogen) atoms. The number of carbonyl (C=O) groups excluding carboxylic acids is 1. The molecule has 3 nitrogen and oxygen atoms in total. The highest BCUT2D eigenvalue weighted by Crippen LogP contribution is 2.04. The Bertz CT molecular complexity index is 359. The average Bonchev–Trinajstić information content (AvgIpc) is 2.66. The lowest BCUT2D eigenvalue weighted by molar-refractivity contribution is 0.247. The van der Waals surface area contributed by atoms with Gasteiger partial charge < -0.3 is 10.6 Å². The highest BCUT2D eigenvalue weighted by atomic mass is 16.2. The molecule has 0 radical (unpaired) electrons. The Morgan fingerprint density at radius 1 is 1.33 bits per heavy atom. The quantitative estimate of drug-likeness (QED) is 0.770. The van der Waals surface area contributed by atoms with E-state index < -0.39 is 0 Å². The Labute approximate surface area is 89.2 Å². The Morgan fingerprint density at radius 3 is 2.80 bits per heavy atom. The standard InChI is InChI=1S/C12H14N2O/c15-12-13-9-11(14-12)8-4-7-10-5-2-1-3-6-10/h1-7,11H,8-9H2,(H2,13,14,15)/b7-4+/t11-/m1/s1. The van der Waals surface area contributed by atoms with Crippen molar-refractivity contribution in [1.82, 2.24) is 10.6 Å². The van der Waals surface area contributed by atoms with Crippen molar-refractivity contribution in [2.24, 2.45) is 0 Å². The van der Waals surface area contributed by atoms with Crippen LogP contribution in [0.1, 0.15) is 12.0 Å². The maximum atomic E-state index is 10.8. The zero-order valence-corrected chi connectivity index (χ0v) is 8.44. The fourth-order valence-electron chi connectivity index (χ4n) is 1.58. The normalized spacial score (nSPS) is 20.3. The largest absolute Gasteiger partial charge is 0.336 e. The number of rotatable bonds is 3. The molecular formula is C12H14N2O. The first kappa shape index (κ1) is 9.77. The van der Waals surface area contributed by atoms with Crippen molar-refractivity contribution in [2.45, 2.75) is 12.5 Å². The lowest BCUT2D eigenvalue weighted by Crippen LogP contribution is -2.25. The van der Waals surface area contributed by atoms with Gasteiger partial charge in [-0.15, -0.1) is 0 Å². The van der Waals surface area contributed by atoms with Gasteiger partial charge in [-0.2, -0.15) is 0 Å². The third-order valence-corrected chi connectivity index (χ3v) is 2.37. The van der Waals surface area contributed by atoms with E-state index in [1.54, 1.807) is 0 Å². The summed E-state index contributed by atoms with van der Waals surface area (Å²) < 4.78 is 0. The molecule has 1 fully saturated rings. The maximum absolute atomic E-state index is 10.8. The molecule has 0 unspecified atom stereocenters. The van der Waals surface area contributed by atoms with Crippen LogP contribution in [0.2, 0.25) is 0 Å². The van der Waals surface area contributed by atoms with E-state index in [1.807, 2.05) is 18.2 Å². The van der Waals surface area contributed by atoms with Crippen molar-refractivity contribution in [3.05, 3.63) is 42.0 Å². The van der Waals surface area contributed by atoms with Crippen LogP contribution in [0.5, 0.6) is 0 Å². The molecule has 1 atom stereocenters. The van der Waals surface area contributed by atoms with Crippen molar-refractivity contribution in [3.8, 4) is 0 Å². The number of benzene rings is 1. The second kappa shape index (κ2) is 4.64. The van der Waals surface area contributed by atoms with Crippen molar-refractivity contribution >= 4 is 12.1 Å². The Balaban J connectivity index is 1.83. The van der Waals surface area contributed by atoms with E-state index in [0.717, 1.165) is 13.0 Å². The second-order valence-corrected chi connectivity index (χ2v) is 3.60. The van der Waals surface area contributed by atoms with E-state index in [1.165, 1.54) is 5.56 Å². The lowest BCUT2D eigenvalue weighted by atomic mass is 10.1. The molecular weight excluding hydrogens is 188 g/mol. The van der Waals surface area contributed by atoms with Crippen LogP contribution in [0.3, 0.4) is 0 Å². The molecule has 3 heteroatoms. The molecule has 0 aromatic heterocycles.